The van der Waals surface area contributed by atoms with E-state index >= 15 is 0 Å². The lowest BCUT2D eigenvalue weighted by atomic mass is 10.3. The zero-order valence-corrected chi connectivity index (χ0v) is 13.8. The third kappa shape index (κ3) is 4.59. The van der Waals surface area contributed by atoms with E-state index in [2.05, 4.69) is 33.1 Å². The first-order valence-electron chi connectivity index (χ1n) is 6.55. The highest BCUT2D eigenvalue weighted by Crippen LogP contribution is 2.19. The van der Waals surface area contributed by atoms with Gasteiger partial charge >= 0.3 is 0 Å². The normalized spacial score (nSPS) is 10.8. The molecule has 1 amide bonds. The Morgan fingerprint density at radius 1 is 1.38 bits per heavy atom. The predicted octanol–water partition coefficient (Wildman–Crippen LogP) is 2.64. The first kappa shape index (κ1) is 15.6. The third-order valence-corrected chi connectivity index (χ3v) is 3.68. The monoisotopic (exact) mass is 397 g/mol. The van der Waals surface area contributed by atoms with Gasteiger partial charge in [0.05, 0.1) is 15.5 Å². The SMILES string of the molecule is CCn1cccc1/C=N/NC(=O)COc1ccccc1I. The highest BCUT2D eigenvalue weighted by atomic mass is 127. The molecule has 21 heavy (non-hydrogen) atoms. The van der Waals surface area contributed by atoms with E-state index in [4.69, 9.17) is 4.74 Å². The summed E-state index contributed by atoms with van der Waals surface area (Å²) in [6.07, 6.45) is 3.58. The van der Waals surface area contributed by atoms with Crippen molar-refractivity contribution in [1.82, 2.24) is 9.99 Å². The van der Waals surface area contributed by atoms with Crippen LogP contribution in [0, 0.1) is 3.57 Å². The van der Waals surface area contributed by atoms with Crippen molar-refractivity contribution in [3.8, 4) is 5.75 Å². The van der Waals surface area contributed by atoms with E-state index in [0.717, 1.165) is 15.8 Å². The molecule has 0 bridgehead atoms. The molecule has 0 atom stereocenters. The fourth-order valence-corrected chi connectivity index (χ4v) is 2.28. The fraction of sp³-hybridized carbons (Fsp3) is 0.200. The molecule has 0 radical (unpaired) electrons. The number of benzene rings is 1. The van der Waals surface area contributed by atoms with Crippen molar-refractivity contribution in [2.75, 3.05) is 6.61 Å². The lowest BCUT2D eigenvalue weighted by molar-refractivity contribution is -0.123. The number of halogens is 1. The number of aromatic nitrogens is 1. The summed E-state index contributed by atoms with van der Waals surface area (Å²) in [5.74, 6) is 0.401. The minimum absolute atomic E-state index is 0.0633. The molecule has 5 nitrogen and oxygen atoms in total. The Bertz CT molecular complexity index is 637. The summed E-state index contributed by atoms with van der Waals surface area (Å²) in [5, 5.41) is 3.93. The fourth-order valence-electron chi connectivity index (χ4n) is 1.74. The van der Waals surface area contributed by atoms with Crippen LogP contribution < -0.4 is 10.2 Å². The van der Waals surface area contributed by atoms with Gasteiger partial charge in [0.1, 0.15) is 5.75 Å². The Balaban J connectivity index is 1.81. The van der Waals surface area contributed by atoms with Crippen LogP contribution in [0.3, 0.4) is 0 Å². The quantitative estimate of drug-likeness (QED) is 0.463. The highest BCUT2D eigenvalue weighted by molar-refractivity contribution is 14.1. The Hall–Kier alpha value is -1.83. The average molecular weight is 397 g/mol. The van der Waals surface area contributed by atoms with Crippen LogP contribution in [0.4, 0.5) is 0 Å². The van der Waals surface area contributed by atoms with Gasteiger partial charge in [0.2, 0.25) is 0 Å². The summed E-state index contributed by atoms with van der Waals surface area (Å²) in [7, 11) is 0. The zero-order valence-electron chi connectivity index (χ0n) is 11.6. The smallest absolute Gasteiger partial charge is 0.277 e. The minimum atomic E-state index is -0.291. The van der Waals surface area contributed by atoms with Crippen molar-refractivity contribution in [3.05, 3.63) is 51.9 Å². The van der Waals surface area contributed by atoms with E-state index in [0.29, 0.717) is 5.75 Å². The standard InChI is InChI=1S/C15H16IN3O2/c1-2-19-9-5-6-12(19)10-17-18-15(20)11-21-14-8-4-3-7-13(14)16/h3-10H,2,11H2,1H3,(H,18,20)/b17-10+. The van der Waals surface area contributed by atoms with Crippen molar-refractivity contribution in [3.63, 3.8) is 0 Å². The molecule has 2 rings (SSSR count). The lowest BCUT2D eigenvalue weighted by Gasteiger charge is -2.06. The van der Waals surface area contributed by atoms with Crippen LogP contribution in [0.15, 0.2) is 47.7 Å². The number of carbonyl (C=O) groups is 1. The summed E-state index contributed by atoms with van der Waals surface area (Å²) < 4.78 is 8.42. The van der Waals surface area contributed by atoms with E-state index in [1.165, 1.54) is 0 Å². The molecule has 0 aliphatic carbocycles. The molecule has 1 aromatic heterocycles. The van der Waals surface area contributed by atoms with Crippen molar-refractivity contribution < 1.29 is 9.53 Å². The second-order valence-electron chi connectivity index (χ2n) is 4.23. The summed E-state index contributed by atoms with van der Waals surface area (Å²) in [6.45, 7) is 2.84. The number of aryl methyl sites for hydroxylation is 1. The summed E-state index contributed by atoms with van der Waals surface area (Å²) in [6, 6.07) is 11.4. The molecule has 1 aromatic carbocycles. The third-order valence-electron chi connectivity index (χ3n) is 2.79. The number of carbonyl (C=O) groups excluding carboxylic acids is 1. The Morgan fingerprint density at radius 3 is 2.95 bits per heavy atom. The van der Waals surface area contributed by atoms with Crippen LogP contribution in [0.1, 0.15) is 12.6 Å². The molecule has 0 saturated carbocycles. The molecule has 6 heteroatoms. The molecule has 2 aromatic rings. The van der Waals surface area contributed by atoms with Gasteiger partial charge in [0, 0.05) is 12.7 Å². The Labute approximate surface area is 137 Å². The first-order valence-corrected chi connectivity index (χ1v) is 7.63. The second-order valence-corrected chi connectivity index (χ2v) is 5.39. The minimum Gasteiger partial charge on any atom is -0.483 e. The summed E-state index contributed by atoms with van der Waals surface area (Å²) in [4.78, 5) is 11.7. The number of nitrogens with zero attached hydrogens (tertiary/aromatic N) is 2. The van der Waals surface area contributed by atoms with Crippen molar-refractivity contribution in [1.29, 1.82) is 0 Å². The number of nitrogens with one attached hydrogen (secondary N) is 1. The van der Waals surface area contributed by atoms with Gasteiger partial charge < -0.3 is 9.30 Å². The molecule has 0 saturated heterocycles. The van der Waals surface area contributed by atoms with Gasteiger partial charge in [-0.25, -0.2) is 5.43 Å². The molecule has 110 valence electrons. The van der Waals surface area contributed by atoms with Crippen LogP contribution >= 0.6 is 22.6 Å². The van der Waals surface area contributed by atoms with Gasteiger partial charge in [-0.15, -0.1) is 0 Å². The van der Waals surface area contributed by atoms with Gasteiger partial charge in [0.25, 0.3) is 5.91 Å². The maximum Gasteiger partial charge on any atom is 0.277 e. The largest absolute Gasteiger partial charge is 0.483 e. The Kier molecular flexibility index (Phi) is 5.79. The van der Waals surface area contributed by atoms with Gasteiger partial charge in [0.15, 0.2) is 6.61 Å². The molecular weight excluding hydrogens is 381 g/mol. The molecular formula is C15H16IN3O2. The van der Waals surface area contributed by atoms with E-state index < -0.39 is 0 Å². The number of para-hydroxylation sites is 1. The van der Waals surface area contributed by atoms with E-state index in [9.17, 15) is 4.79 Å². The number of hydrogen-bond donors (Lipinski definition) is 1. The molecule has 0 aliphatic rings. The van der Waals surface area contributed by atoms with Crippen LogP contribution in [-0.4, -0.2) is 23.3 Å². The maximum absolute atomic E-state index is 11.7. The van der Waals surface area contributed by atoms with Crippen LogP contribution in [0.5, 0.6) is 5.75 Å². The molecule has 0 aliphatic heterocycles. The predicted molar refractivity (Wildman–Crippen MR) is 90.5 cm³/mol. The number of hydrogen-bond acceptors (Lipinski definition) is 3. The number of ether oxygens (including phenoxy) is 1. The van der Waals surface area contributed by atoms with Gasteiger partial charge in [-0.05, 0) is 53.8 Å². The van der Waals surface area contributed by atoms with E-state index in [1.807, 2.05) is 54.1 Å². The van der Waals surface area contributed by atoms with Gasteiger partial charge in [-0.1, -0.05) is 12.1 Å². The van der Waals surface area contributed by atoms with Crippen LogP contribution in [0.25, 0.3) is 0 Å². The van der Waals surface area contributed by atoms with Crippen LogP contribution in [0.2, 0.25) is 0 Å². The summed E-state index contributed by atoms with van der Waals surface area (Å²) >= 11 is 2.16. The van der Waals surface area contributed by atoms with Gasteiger partial charge in [-0.2, -0.15) is 5.10 Å². The van der Waals surface area contributed by atoms with Gasteiger partial charge in [-0.3, -0.25) is 4.79 Å². The van der Waals surface area contributed by atoms with E-state index in [1.54, 1.807) is 6.21 Å². The molecule has 0 unspecified atom stereocenters. The first-order chi connectivity index (χ1) is 10.2. The molecule has 1 N–H and O–H groups in total. The van der Waals surface area contributed by atoms with E-state index in [-0.39, 0.29) is 12.5 Å². The number of hydrazone groups is 1. The molecule has 0 spiro atoms. The maximum atomic E-state index is 11.7. The van der Waals surface area contributed by atoms with Crippen molar-refractivity contribution in [2.24, 2.45) is 5.10 Å². The second kappa shape index (κ2) is 7.82. The van der Waals surface area contributed by atoms with Crippen LogP contribution in [-0.2, 0) is 11.3 Å². The molecule has 0 fully saturated rings. The van der Waals surface area contributed by atoms with Crippen molar-refractivity contribution in [2.45, 2.75) is 13.5 Å². The topological polar surface area (TPSA) is 55.6 Å². The number of amides is 1. The number of rotatable bonds is 6. The Morgan fingerprint density at radius 2 is 2.19 bits per heavy atom. The molecule has 1 heterocycles. The van der Waals surface area contributed by atoms with Crippen molar-refractivity contribution >= 4 is 34.7 Å². The zero-order chi connectivity index (χ0) is 15.1. The average Bonchev–Trinajstić information content (AvgIpc) is 2.94. The summed E-state index contributed by atoms with van der Waals surface area (Å²) in [5.41, 5.74) is 3.39. The lowest BCUT2D eigenvalue weighted by Crippen LogP contribution is -2.24. The highest BCUT2D eigenvalue weighted by Gasteiger charge is 2.04.